The summed E-state index contributed by atoms with van der Waals surface area (Å²) in [6, 6.07) is 0. The average Bonchev–Trinajstić information content (AvgIpc) is 2.34. The Morgan fingerprint density at radius 1 is 1.70 bits per heavy atom. The zero-order chi connectivity index (χ0) is 7.56. The Hall–Kier alpha value is -0.610. The first kappa shape index (κ1) is 7.50. The predicted octanol–water partition coefficient (Wildman–Crippen LogP) is -1.26. The highest BCUT2D eigenvalue weighted by Crippen LogP contribution is 2.09. The van der Waals surface area contributed by atoms with Gasteiger partial charge in [0, 0.05) is 13.1 Å². The summed E-state index contributed by atoms with van der Waals surface area (Å²) >= 11 is 0. The third-order valence-corrected chi connectivity index (χ3v) is 1.69. The molecule has 4 heteroatoms. The summed E-state index contributed by atoms with van der Waals surface area (Å²) in [7, 11) is 1.33. The summed E-state index contributed by atoms with van der Waals surface area (Å²) < 4.78 is 4.47. The Morgan fingerprint density at radius 3 is 2.80 bits per heavy atom. The number of hydrogen-bond acceptors (Lipinski definition) is 4. The molecule has 4 nitrogen and oxygen atoms in total. The van der Waals surface area contributed by atoms with Crippen molar-refractivity contribution in [2.75, 3.05) is 20.2 Å². The smallest absolute Gasteiger partial charge is 0.312 e. The average molecular weight is 145 g/mol. The molecule has 1 unspecified atom stereocenters. The molecule has 0 aromatic rings. The Kier molecular flexibility index (Phi) is 2.24. The van der Waals surface area contributed by atoms with Gasteiger partial charge in [-0.05, 0) is 0 Å². The Bertz CT molecular complexity index is 137. The van der Waals surface area contributed by atoms with Crippen molar-refractivity contribution in [2.45, 2.75) is 6.10 Å². The number of carbonyl (C=O) groups excluding carboxylic acids is 1. The highest BCUT2D eigenvalue weighted by molar-refractivity contribution is 5.73. The molecule has 0 aliphatic carbocycles. The first-order chi connectivity index (χ1) is 4.75. The van der Waals surface area contributed by atoms with Crippen LogP contribution in [0.25, 0.3) is 0 Å². The van der Waals surface area contributed by atoms with Crippen LogP contribution in [0.3, 0.4) is 0 Å². The molecule has 58 valence electrons. The van der Waals surface area contributed by atoms with Gasteiger partial charge in [-0.3, -0.25) is 4.79 Å². The van der Waals surface area contributed by atoms with Gasteiger partial charge in [0.05, 0.1) is 19.1 Å². The molecule has 1 fully saturated rings. The number of aliphatic hydroxyl groups excluding tert-OH is 1. The quantitative estimate of drug-likeness (QED) is 0.452. The van der Waals surface area contributed by atoms with E-state index in [9.17, 15) is 4.79 Å². The second kappa shape index (κ2) is 2.98. The minimum Gasteiger partial charge on any atom is -0.469 e. The van der Waals surface area contributed by atoms with Gasteiger partial charge in [-0.1, -0.05) is 0 Å². The summed E-state index contributed by atoms with van der Waals surface area (Å²) in [6.45, 7) is 1.01. The van der Waals surface area contributed by atoms with Gasteiger partial charge in [-0.25, -0.2) is 0 Å². The number of esters is 1. The molecule has 1 aliphatic rings. The lowest BCUT2D eigenvalue weighted by Crippen LogP contribution is -2.27. The van der Waals surface area contributed by atoms with Crippen molar-refractivity contribution in [2.24, 2.45) is 5.92 Å². The lowest BCUT2D eigenvalue weighted by Gasteiger charge is -2.08. The molecule has 0 bridgehead atoms. The minimum absolute atomic E-state index is 0.336. The molecule has 1 saturated heterocycles. The maximum atomic E-state index is 10.8. The van der Waals surface area contributed by atoms with Crippen molar-refractivity contribution in [3.8, 4) is 0 Å². The second-order valence-electron chi connectivity index (χ2n) is 2.36. The van der Waals surface area contributed by atoms with Crippen molar-refractivity contribution < 1.29 is 14.6 Å². The van der Waals surface area contributed by atoms with Crippen LogP contribution in [-0.4, -0.2) is 37.4 Å². The fraction of sp³-hybridized carbons (Fsp3) is 0.833. The fourth-order valence-electron chi connectivity index (χ4n) is 1.06. The maximum absolute atomic E-state index is 10.8. The molecule has 1 heterocycles. The number of methoxy groups -OCH3 is 1. The normalized spacial score (nSPS) is 32.2. The van der Waals surface area contributed by atoms with E-state index in [1.807, 2.05) is 0 Å². The summed E-state index contributed by atoms with van der Waals surface area (Å²) in [4.78, 5) is 10.8. The highest BCUT2D eigenvalue weighted by Gasteiger charge is 2.31. The third-order valence-electron chi connectivity index (χ3n) is 1.69. The maximum Gasteiger partial charge on any atom is 0.312 e. The molecule has 2 N–H and O–H groups in total. The first-order valence-electron chi connectivity index (χ1n) is 3.22. The van der Waals surface area contributed by atoms with Gasteiger partial charge < -0.3 is 15.2 Å². The predicted molar refractivity (Wildman–Crippen MR) is 34.4 cm³/mol. The van der Waals surface area contributed by atoms with Crippen molar-refractivity contribution in [1.82, 2.24) is 5.32 Å². The number of β-amino-alcohol motifs (C(OH)–C–C–N with tert-alkyl or cyclic N) is 1. The van der Waals surface area contributed by atoms with Crippen molar-refractivity contribution in [3.05, 3.63) is 0 Å². The van der Waals surface area contributed by atoms with E-state index in [1.54, 1.807) is 0 Å². The molecule has 0 radical (unpaired) electrons. The Balaban J connectivity index is 2.46. The van der Waals surface area contributed by atoms with Gasteiger partial charge in [-0.15, -0.1) is 0 Å². The zero-order valence-electron chi connectivity index (χ0n) is 5.83. The summed E-state index contributed by atoms with van der Waals surface area (Å²) in [5.41, 5.74) is 0. The van der Waals surface area contributed by atoms with E-state index >= 15 is 0 Å². The molecule has 0 amide bonds. The Labute approximate surface area is 59.2 Å². The molecule has 0 saturated carbocycles. The molecule has 2 atom stereocenters. The van der Waals surface area contributed by atoms with Gasteiger partial charge in [0.1, 0.15) is 0 Å². The number of carbonyl (C=O) groups is 1. The first-order valence-corrected chi connectivity index (χ1v) is 3.22. The monoisotopic (exact) mass is 145 g/mol. The van der Waals surface area contributed by atoms with E-state index in [2.05, 4.69) is 10.1 Å². The van der Waals surface area contributed by atoms with Gasteiger partial charge >= 0.3 is 5.97 Å². The van der Waals surface area contributed by atoms with E-state index < -0.39 is 6.10 Å². The van der Waals surface area contributed by atoms with Crippen molar-refractivity contribution >= 4 is 5.97 Å². The third kappa shape index (κ3) is 1.27. The summed E-state index contributed by atoms with van der Waals surface area (Å²) in [5.74, 6) is -0.706. The van der Waals surface area contributed by atoms with Crippen LogP contribution in [0.5, 0.6) is 0 Å². The minimum atomic E-state index is -0.576. The van der Waals surface area contributed by atoms with Crippen LogP contribution in [0.1, 0.15) is 0 Å². The van der Waals surface area contributed by atoms with Crippen LogP contribution >= 0.6 is 0 Å². The molecule has 1 rings (SSSR count). The van der Waals surface area contributed by atoms with Crippen molar-refractivity contribution in [1.29, 1.82) is 0 Å². The largest absolute Gasteiger partial charge is 0.469 e. The van der Waals surface area contributed by atoms with Crippen LogP contribution in [0.2, 0.25) is 0 Å². The molecule has 10 heavy (non-hydrogen) atoms. The van der Waals surface area contributed by atoms with Gasteiger partial charge in [-0.2, -0.15) is 0 Å². The van der Waals surface area contributed by atoms with Crippen LogP contribution in [0.4, 0.5) is 0 Å². The van der Waals surface area contributed by atoms with Gasteiger partial charge in [0.25, 0.3) is 0 Å². The molecule has 0 aromatic carbocycles. The zero-order valence-corrected chi connectivity index (χ0v) is 5.83. The SMILES string of the molecule is COC(=O)[C@@H]1CNCC1O. The summed E-state index contributed by atoms with van der Waals surface area (Å²) in [5, 5.41) is 12.0. The number of ether oxygens (including phenoxy) is 1. The molecular weight excluding hydrogens is 134 g/mol. The van der Waals surface area contributed by atoms with Crippen LogP contribution in [-0.2, 0) is 9.53 Å². The fourth-order valence-corrected chi connectivity index (χ4v) is 1.06. The van der Waals surface area contributed by atoms with E-state index in [0.717, 1.165) is 0 Å². The molecular formula is C6H11NO3. The van der Waals surface area contributed by atoms with Gasteiger partial charge in [0.15, 0.2) is 0 Å². The summed E-state index contributed by atoms with van der Waals surface area (Å²) in [6.07, 6.45) is -0.576. The van der Waals surface area contributed by atoms with E-state index in [1.165, 1.54) is 7.11 Å². The van der Waals surface area contributed by atoms with Crippen LogP contribution in [0, 0.1) is 5.92 Å². The van der Waals surface area contributed by atoms with Crippen molar-refractivity contribution in [3.63, 3.8) is 0 Å². The van der Waals surface area contributed by atoms with E-state index in [-0.39, 0.29) is 11.9 Å². The van der Waals surface area contributed by atoms with Crippen LogP contribution in [0.15, 0.2) is 0 Å². The standard InChI is InChI=1S/C6H11NO3/c1-10-6(9)4-2-7-3-5(4)8/h4-5,7-8H,2-3H2,1H3/t4-,5?/m1/s1. The lowest BCUT2D eigenvalue weighted by molar-refractivity contribution is -0.147. The molecule has 1 aliphatic heterocycles. The van der Waals surface area contributed by atoms with Crippen LogP contribution < -0.4 is 5.32 Å². The number of rotatable bonds is 1. The lowest BCUT2D eigenvalue weighted by atomic mass is 10.1. The topological polar surface area (TPSA) is 58.6 Å². The highest BCUT2D eigenvalue weighted by atomic mass is 16.5. The second-order valence-corrected chi connectivity index (χ2v) is 2.36. The van der Waals surface area contributed by atoms with E-state index in [0.29, 0.717) is 13.1 Å². The molecule has 0 aromatic heterocycles. The Morgan fingerprint density at radius 2 is 2.40 bits per heavy atom. The number of aliphatic hydroxyl groups is 1. The van der Waals surface area contributed by atoms with E-state index in [4.69, 9.17) is 5.11 Å². The van der Waals surface area contributed by atoms with Gasteiger partial charge in [0.2, 0.25) is 0 Å². The molecule has 0 spiro atoms. The number of hydrogen-bond donors (Lipinski definition) is 2. The number of nitrogens with one attached hydrogen (secondary N) is 1.